The highest BCUT2D eigenvalue weighted by molar-refractivity contribution is 5.06. The molecule has 3 aliphatic carbocycles. The zero-order valence-electron chi connectivity index (χ0n) is 9.07. The Balaban J connectivity index is 1.79. The maximum atomic E-state index is 9.46. The molecule has 1 N–H and O–H groups in total. The van der Waals surface area contributed by atoms with E-state index in [1.165, 1.54) is 12.8 Å². The lowest BCUT2D eigenvalue weighted by Gasteiger charge is -2.63. The third kappa shape index (κ3) is 1.04. The quantitative estimate of drug-likeness (QED) is 0.642. The minimum Gasteiger partial charge on any atom is -0.368 e. The summed E-state index contributed by atoms with van der Waals surface area (Å²) in [5.74, 6) is 3.26. The Morgan fingerprint density at radius 1 is 1.21 bits per heavy atom. The van der Waals surface area contributed by atoms with E-state index in [4.69, 9.17) is 4.74 Å². The molecule has 5 unspecified atom stereocenters. The Morgan fingerprint density at radius 3 is 2.71 bits per heavy atom. The largest absolute Gasteiger partial charge is 0.368 e. The molecule has 0 amide bonds. The van der Waals surface area contributed by atoms with Gasteiger partial charge in [-0.15, -0.1) is 0 Å². The number of aliphatic hydroxyl groups is 1. The van der Waals surface area contributed by atoms with Crippen molar-refractivity contribution >= 4 is 0 Å². The molecule has 4 fully saturated rings. The van der Waals surface area contributed by atoms with Crippen molar-refractivity contribution in [2.45, 2.75) is 39.4 Å². The molecule has 80 valence electrons. The van der Waals surface area contributed by atoms with Gasteiger partial charge in [-0.2, -0.15) is 0 Å². The van der Waals surface area contributed by atoms with E-state index in [1.54, 1.807) is 0 Å². The molecular weight excluding hydrogens is 176 g/mol. The Morgan fingerprint density at radius 2 is 2.00 bits per heavy atom. The molecule has 0 aromatic carbocycles. The third-order valence-corrected chi connectivity index (χ3v) is 5.24. The molecule has 4 rings (SSSR count). The Hall–Kier alpha value is -0.0800. The number of hydrogen-bond donors (Lipinski definition) is 1. The van der Waals surface area contributed by atoms with Gasteiger partial charge in [0.15, 0.2) is 6.29 Å². The van der Waals surface area contributed by atoms with Gasteiger partial charge in [-0.25, -0.2) is 0 Å². The lowest BCUT2D eigenvalue weighted by atomic mass is 9.43. The monoisotopic (exact) mass is 196 g/mol. The van der Waals surface area contributed by atoms with Crippen LogP contribution in [0.15, 0.2) is 0 Å². The zero-order chi connectivity index (χ0) is 9.92. The highest BCUT2D eigenvalue weighted by Crippen LogP contribution is 2.64. The molecule has 0 radical (unpaired) electrons. The molecule has 2 nitrogen and oxygen atoms in total. The van der Waals surface area contributed by atoms with E-state index in [2.05, 4.69) is 13.8 Å². The maximum absolute atomic E-state index is 9.46. The SMILES string of the molecule is CC1(C)C2CC3CC(O)OCC3C1C2. The van der Waals surface area contributed by atoms with Crippen LogP contribution in [0.2, 0.25) is 0 Å². The first-order valence-electron chi connectivity index (χ1n) is 5.88. The van der Waals surface area contributed by atoms with Crippen LogP contribution < -0.4 is 0 Å². The first-order valence-corrected chi connectivity index (χ1v) is 5.88. The molecule has 1 heterocycles. The van der Waals surface area contributed by atoms with Gasteiger partial charge >= 0.3 is 0 Å². The lowest BCUT2D eigenvalue weighted by molar-refractivity contribution is -0.229. The fourth-order valence-electron chi connectivity index (χ4n) is 4.12. The average molecular weight is 196 g/mol. The third-order valence-electron chi connectivity index (χ3n) is 5.24. The van der Waals surface area contributed by atoms with Crippen LogP contribution in [0, 0.1) is 29.1 Å². The average Bonchev–Trinajstić information content (AvgIpc) is 2.16. The lowest BCUT2D eigenvalue weighted by Crippen LogP contribution is -2.58. The molecule has 0 aromatic rings. The van der Waals surface area contributed by atoms with Crippen molar-refractivity contribution in [3.05, 3.63) is 0 Å². The van der Waals surface area contributed by atoms with Gasteiger partial charge in [-0.05, 0) is 41.9 Å². The van der Waals surface area contributed by atoms with Gasteiger partial charge in [0.25, 0.3) is 0 Å². The number of rotatable bonds is 0. The maximum Gasteiger partial charge on any atom is 0.154 e. The van der Waals surface area contributed by atoms with Crippen LogP contribution in [-0.4, -0.2) is 18.0 Å². The summed E-state index contributed by atoms with van der Waals surface area (Å²) in [5.41, 5.74) is 0.548. The van der Waals surface area contributed by atoms with Crippen molar-refractivity contribution in [1.82, 2.24) is 0 Å². The molecule has 5 atom stereocenters. The molecular formula is C12H20O2. The van der Waals surface area contributed by atoms with Crippen molar-refractivity contribution < 1.29 is 9.84 Å². The number of ether oxygens (including phenoxy) is 1. The molecule has 1 saturated heterocycles. The van der Waals surface area contributed by atoms with E-state index in [9.17, 15) is 5.11 Å². The van der Waals surface area contributed by atoms with E-state index in [1.807, 2.05) is 0 Å². The smallest absolute Gasteiger partial charge is 0.154 e. The van der Waals surface area contributed by atoms with Crippen molar-refractivity contribution in [2.24, 2.45) is 29.1 Å². The second-order valence-electron chi connectivity index (χ2n) is 6.04. The molecule has 4 aliphatic rings. The van der Waals surface area contributed by atoms with Crippen molar-refractivity contribution in [3.63, 3.8) is 0 Å². The van der Waals surface area contributed by atoms with Gasteiger partial charge in [-0.1, -0.05) is 13.8 Å². The van der Waals surface area contributed by atoms with Gasteiger partial charge in [0.1, 0.15) is 0 Å². The Bertz CT molecular complexity index is 249. The number of hydrogen-bond acceptors (Lipinski definition) is 2. The molecule has 0 spiro atoms. The van der Waals surface area contributed by atoms with Crippen LogP contribution >= 0.6 is 0 Å². The summed E-state index contributed by atoms with van der Waals surface area (Å²) in [6, 6.07) is 0. The van der Waals surface area contributed by atoms with Crippen LogP contribution in [0.25, 0.3) is 0 Å². The first kappa shape index (κ1) is 9.17. The van der Waals surface area contributed by atoms with Crippen LogP contribution in [0.4, 0.5) is 0 Å². The zero-order valence-corrected chi connectivity index (χ0v) is 9.07. The summed E-state index contributed by atoms with van der Waals surface area (Å²) in [5, 5.41) is 9.46. The van der Waals surface area contributed by atoms with E-state index in [0.29, 0.717) is 5.41 Å². The van der Waals surface area contributed by atoms with Crippen LogP contribution in [-0.2, 0) is 4.74 Å². The summed E-state index contributed by atoms with van der Waals surface area (Å²) < 4.78 is 5.39. The standard InChI is InChI=1S/C12H20O2/c1-12(2)8-3-7-4-11(13)14-6-9(7)10(12)5-8/h7-11,13H,3-6H2,1-2H3. The molecule has 0 aromatic heterocycles. The molecule has 14 heavy (non-hydrogen) atoms. The summed E-state index contributed by atoms with van der Waals surface area (Å²) in [6.07, 6.45) is 3.15. The van der Waals surface area contributed by atoms with E-state index >= 15 is 0 Å². The van der Waals surface area contributed by atoms with E-state index < -0.39 is 6.29 Å². The molecule has 2 heteroatoms. The van der Waals surface area contributed by atoms with Crippen molar-refractivity contribution in [3.8, 4) is 0 Å². The van der Waals surface area contributed by atoms with Crippen molar-refractivity contribution in [2.75, 3.05) is 6.61 Å². The van der Waals surface area contributed by atoms with E-state index in [-0.39, 0.29) is 0 Å². The van der Waals surface area contributed by atoms with Crippen LogP contribution in [0.3, 0.4) is 0 Å². The summed E-state index contributed by atoms with van der Waals surface area (Å²) in [4.78, 5) is 0. The molecule has 3 saturated carbocycles. The minimum atomic E-state index is -0.475. The summed E-state index contributed by atoms with van der Waals surface area (Å²) in [6.45, 7) is 5.62. The van der Waals surface area contributed by atoms with Gasteiger partial charge in [0.05, 0.1) is 6.61 Å². The van der Waals surface area contributed by atoms with E-state index in [0.717, 1.165) is 36.7 Å². The second-order valence-corrected chi connectivity index (χ2v) is 6.04. The first-order chi connectivity index (χ1) is 6.59. The van der Waals surface area contributed by atoms with Gasteiger partial charge in [-0.3, -0.25) is 0 Å². The van der Waals surface area contributed by atoms with Crippen molar-refractivity contribution in [1.29, 1.82) is 0 Å². The predicted octanol–water partition coefficient (Wildman–Crippen LogP) is 2.02. The fraction of sp³-hybridized carbons (Fsp3) is 1.00. The highest BCUT2D eigenvalue weighted by atomic mass is 16.6. The Kier molecular flexibility index (Phi) is 1.79. The summed E-state index contributed by atoms with van der Waals surface area (Å²) >= 11 is 0. The fourth-order valence-corrected chi connectivity index (χ4v) is 4.12. The number of aliphatic hydroxyl groups excluding tert-OH is 1. The highest BCUT2D eigenvalue weighted by Gasteiger charge is 2.58. The Labute approximate surface area is 85.6 Å². The predicted molar refractivity (Wildman–Crippen MR) is 53.6 cm³/mol. The van der Waals surface area contributed by atoms with Gasteiger partial charge in [0, 0.05) is 6.42 Å². The second kappa shape index (κ2) is 2.73. The van der Waals surface area contributed by atoms with Crippen LogP contribution in [0.5, 0.6) is 0 Å². The van der Waals surface area contributed by atoms with Gasteiger partial charge < -0.3 is 9.84 Å². The normalized spacial score (nSPS) is 54.6. The topological polar surface area (TPSA) is 29.5 Å². The molecule has 2 bridgehead atoms. The van der Waals surface area contributed by atoms with Gasteiger partial charge in [0.2, 0.25) is 0 Å². The summed E-state index contributed by atoms with van der Waals surface area (Å²) in [7, 11) is 0. The van der Waals surface area contributed by atoms with Crippen LogP contribution in [0.1, 0.15) is 33.1 Å². The minimum absolute atomic E-state index is 0.475. The molecule has 1 aliphatic heterocycles.